The van der Waals surface area contributed by atoms with Crippen LogP contribution < -0.4 is 9.47 Å². The van der Waals surface area contributed by atoms with Crippen LogP contribution in [0.4, 0.5) is 4.39 Å². The van der Waals surface area contributed by atoms with Gasteiger partial charge in [-0.15, -0.1) is 0 Å². The number of hydrogen-bond acceptors (Lipinski definition) is 4. The highest BCUT2D eigenvalue weighted by Gasteiger charge is 2.20. The Bertz CT molecular complexity index is 860. The summed E-state index contributed by atoms with van der Waals surface area (Å²) >= 11 is 0. The van der Waals surface area contributed by atoms with E-state index in [-0.39, 0.29) is 18.5 Å². The van der Waals surface area contributed by atoms with Crippen LogP contribution in [0.1, 0.15) is 11.1 Å². The maximum atomic E-state index is 13.2. The molecule has 1 saturated heterocycles. The third-order valence-corrected chi connectivity index (χ3v) is 4.79. The quantitative estimate of drug-likeness (QED) is 0.779. The molecule has 2 heterocycles. The number of benzene rings is 2. The van der Waals surface area contributed by atoms with E-state index in [1.807, 2.05) is 23.1 Å². The number of carbonyl (C=O) groups is 1. The van der Waals surface area contributed by atoms with Crippen molar-refractivity contribution in [3.05, 3.63) is 65.5 Å². The minimum Gasteiger partial charge on any atom is -0.454 e. The molecule has 2 aliphatic heterocycles. The second-order valence-corrected chi connectivity index (χ2v) is 6.68. The highest BCUT2D eigenvalue weighted by molar-refractivity contribution is 5.91. The van der Waals surface area contributed by atoms with E-state index in [4.69, 9.17) is 9.47 Å². The van der Waals surface area contributed by atoms with Crippen LogP contribution >= 0.6 is 0 Å². The van der Waals surface area contributed by atoms with Gasteiger partial charge in [-0.05, 0) is 41.5 Å². The average Bonchev–Trinajstić information content (AvgIpc) is 3.15. The summed E-state index contributed by atoms with van der Waals surface area (Å²) in [7, 11) is 0. The van der Waals surface area contributed by atoms with Crippen LogP contribution in [-0.2, 0) is 11.3 Å². The molecule has 0 radical (unpaired) electrons. The van der Waals surface area contributed by atoms with E-state index in [9.17, 15) is 9.18 Å². The number of rotatable bonds is 4. The molecule has 0 N–H and O–H groups in total. The third-order valence-electron chi connectivity index (χ3n) is 4.79. The molecule has 0 unspecified atom stereocenters. The number of halogens is 1. The van der Waals surface area contributed by atoms with Gasteiger partial charge < -0.3 is 14.4 Å². The number of ether oxygens (including phenoxy) is 2. The lowest BCUT2D eigenvalue weighted by molar-refractivity contribution is -0.127. The Morgan fingerprint density at radius 3 is 2.67 bits per heavy atom. The second kappa shape index (κ2) is 7.80. The zero-order chi connectivity index (χ0) is 18.6. The first-order valence-electron chi connectivity index (χ1n) is 9.01. The van der Waals surface area contributed by atoms with Crippen molar-refractivity contribution in [1.82, 2.24) is 9.80 Å². The number of fused-ring (bicyclic) bond motifs is 1. The van der Waals surface area contributed by atoms with E-state index < -0.39 is 0 Å². The van der Waals surface area contributed by atoms with E-state index in [2.05, 4.69) is 4.90 Å². The van der Waals surface area contributed by atoms with Crippen molar-refractivity contribution in [1.29, 1.82) is 0 Å². The summed E-state index contributed by atoms with van der Waals surface area (Å²) in [6, 6.07) is 12.2. The van der Waals surface area contributed by atoms with Gasteiger partial charge in [-0.1, -0.05) is 18.2 Å². The van der Waals surface area contributed by atoms with Crippen molar-refractivity contribution < 1.29 is 18.7 Å². The van der Waals surface area contributed by atoms with Crippen molar-refractivity contribution >= 4 is 12.0 Å². The van der Waals surface area contributed by atoms with Crippen LogP contribution in [0, 0.1) is 5.82 Å². The van der Waals surface area contributed by atoms with E-state index in [0.717, 1.165) is 31.1 Å². The molecule has 5 nitrogen and oxygen atoms in total. The molecular weight excluding hydrogens is 347 g/mol. The third kappa shape index (κ3) is 4.28. The van der Waals surface area contributed by atoms with Crippen molar-refractivity contribution in [3.63, 3.8) is 0 Å². The smallest absolute Gasteiger partial charge is 0.246 e. The van der Waals surface area contributed by atoms with Crippen molar-refractivity contribution in [2.24, 2.45) is 0 Å². The maximum absolute atomic E-state index is 13.2. The fourth-order valence-corrected chi connectivity index (χ4v) is 3.31. The summed E-state index contributed by atoms with van der Waals surface area (Å²) in [6.07, 6.45) is 3.17. The Balaban J connectivity index is 1.29. The summed E-state index contributed by atoms with van der Waals surface area (Å²) in [5, 5.41) is 0. The summed E-state index contributed by atoms with van der Waals surface area (Å²) in [5.41, 5.74) is 1.86. The Morgan fingerprint density at radius 2 is 1.85 bits per heavy atom. The Hall–Kier alpha value is -2.86. The summed E-state index contributed by atoms with van der Waals surface area (Å²) in [4.78, 5) is 16.5. The van der Waals surface area contributed by atoms with Crippen LogP contribution in [0.25, 0.3) is 6.08 Å². The van der Waals surface area contributed by atoms with E-state index in [0.29, 0.717) is 18.7 Å². The highest BCUT2D eigenvalue weighted by Crippen LogP contribution is 2.32. The molecule has 2 aromatic rings. The molecule has 27 heavy (non-hydrogen) atoms. The number of nitrogens with zero attached hydrogens (tertiary/aromatic N) is 2. The van der Waals surface area contributed by atoms with Crippen molar-refractivity contribution in [3.8, 4) is 11.5 Å². The Labute approximate surface area is 157 Å². The molecule has 1 fully saturated rings. The van der Waals surface area contributed by atoms with Crippen LogP contribution in [0.3, 0.4) is 0 Å². The lowest BCUT2D eigenvalue weighted by atomic mass is 10.1. The molecule has 2 aromatic carbocycles. The number of hydrogen-bond donors (Lipinski definition) is 0. The van der Waals surface area contributed by atoms with Crippen LogP contribution in [0.5, 0.6) is 11.5 Å². The van der Waals surface area contributed by atoms with Crippen LogP contribution in [0.2, 0.25) is 0 Å². The molecule has 0 spiro atoms. The number of amides is 1. The first kappa shape index (κ1) is 17.5. The van der Waals surface area contributed by atoms with Gasteiger partial charge in [0.1, 0.15) is 5.82 Å². The van der Waals surface area contributed by atoms with Gasteiger partial charge in [0.05, 0.1) is 0 Å². The summed E-state index contributed by atoms with van der Waals surface area (Å²) < 4.78 is 24.0. The van der Waals surface area contributed by atoms with Crippen molar-refractivity contribution in [2.75, 3.05) is 33.0 Å². The zero-order valence-corrected chi connectivity index (χ0v) is 14.9. The molecular formula is C21H21FN2O3. The zero-order valence-electron chi connectivity index (χ0n) is 14.9. The molecule has 0 atom stereocenters. The molecule has 0 aliphatic carbocycles. The standard InChI is InChI=1S/C21H21FN2O3/c22-18-3-1-2-16(12-18)5-7-21(25)24-10-8-23(9-11-24)14-17-4-6-19-20(13-17)27-15-26-19/h1-7,12-13H,8-11,14-15H2/b7-5+. The molecule has 2 aliphatic rings. The molecule has 140 valence electrons. The fourth-order valence-electron chi connectivity index (χ4n) is 3.31. The molecule has 0 aromatic heterocycles. The normalized spacial score (nSPS) is 16.9. The average molecular weight is 368 g/mol. The SMILES string of the molecule is O=C(/C=C/c1cccc(F)c1)N1CCN(Cc2ccc3c(c2)OCO3)CC1. The van der Waals surface area contributed by atoms with Gasteiger partial charge in [0, 0.05) is 38.8 Å². The van der Waals surface area contributed by atoms with Gasteiger partial charge in [0.15, 0.2) is 11.5 Å². The molecule has 4 rings (SSSR count). The highest BCUT2D eigenvalue weighted by atomic mass is 19.1. The predicted octanol–water partition coefficient (Wildman–Crippen LogP) is 2.91. The fraction of sp³-hybridized carbons (Fsp3) is 0.286. The van der Waals surface area contributed by atoms with Crippen LogP contribution in [-0.4, -0.2) is 48.7 Å². The minimum absolute atomic E-state index is 0.0398. The van der Waals surface area contributed by atoms with E-state index in [1.165, 1.54) is 23.8 Å². The van der Waals surface area contributed by atoms with Gasteiger partial charge in [-0.25, -0.2) is 4.39 Å². The first-order valence-corrected chi connectivity index (χ1v) is 9.01. The number of piperazine rings is 1. The lowest BCUT2D eigenvalue weighted by Crippen LogP contribution is -2.47. The molecule has 0 bridgehead atoms. The summed E-state index contributed by atoms with van der Waals surface area (Å²) in [5.74, 6) is 1.24. The largest absolute Gasteiger partial charge is 0.454 e. The number of carbonyl (C=O) groups excluding carboxylic acids is 1. The molecule has 6 heteroatoms. The van der Waals surface area contributed by atoms with Crippen LogP contribution in [0.15, 0.2) is 48.5 Å². The Morgan fingerprint density at radius 1 is 1.04 bits per heavy atom. The van der Waals surface area contributed by atoms with Gasteiger partial charge in [-0.3, -0.25) is 9.69 Å². The molecule has 1 amide bonds. The predicted molar refractivity (Wildman–Crippen MR) is 99.9 cm³/mol. The second-order valence-electron chi connectivity index (χ2n) is 6.68. The van der Waals surface area contributed by atoms with E-state index in [1.54, 1.807) is 18.2 Å². The van der Waals surface area contributed by atoms with E-state index >= 15 is 0 Å². The maximum Gasteiger partial charge on any atom is 0.246 e. The first-order chi connectivity index (χ1) is 13.2. The van der Waals surface area contributed by atoms with Crippen molar-refractivity contribution in [2.45, 2.75) is 6.54 Å². The topological polar surface area (TPSA) is 42.0 Å². The van der Waals surface area contributed by atoms with Gasteiger partial charge in [0.2, 0.25) is 12.7 Å². The monoisotopic (exact) mass is 368 g/mol. The minimum atomic E-state index is -0.304. The lowest BCUT2D eigenvalue weighted by Gasteiger charge is -2.34. The summed E-state index contributed by atoms with van der Waals surface area (Å²) in [6.45, 7) is 4.08. The molecule has 0 saturated carbocycles. The Kier molecular flexibility index (Phi) is 5.07. The van der Waals surface area contributed by atoms with Gasteiger partial charge in [-0.2, -0.15) is 0 Å². The van der Waals surface area contributed by atoms with Gasteiger partial charge >= 0.3 is 0 Å². The van der Waals surface area contributed by atoms with Gasteiger partial charge in [0.25, 0.3) is 0 Å².